The average Bonchev–Trinajstić information content (AvgIpc) is 3.24. The van der Waals surface area contributed by atoms with Crippen LogP contribution in [-0.2, 0) is 19.3 Å². The monoisotopic (exact) mass is 837 g/mol. The number of hydrogen-bond donors (Lipinski definition) is 0. The normalized spacial score (nSPS) is 9.93. The van der Waals surface area contributed by atoms with Crippen LogP contribution in [-0.4, -0.2) is 9.97 Å². The Balaban J connectivity index is 0.000000138. The molecule has 2 heterocycles. The van der Waals surface area contributed by atoms with Crippen LogP contribution < -0.4 is 0 Å². The minimum Gasteiger partial charge on any atom is -0.256 e. The van der Waals surface area contributed by atoms with Crippen LogP contribution in [0.3, 0.4) is 0 Å². The molecule has 0 saturated carbocycles. The van der Waals surface area contributed by atoms with E-state index in [-0.39, 0.29) is 49.4 Å². The van der Waals surface area contributed by atoms with Crippen molar-refractivity contribution in [1.82, 2.24) is 9.97 Å². The Bertz CT molecular complexity index is 1980. The van der Waals surface area contributed by atoms with Crippen LogP contribution in [0.2, 0.25) is 0 Å². The Morgan fingerprint density at radius 3 is 0.944 bits per heavy atom. The third-order valence-electron chi connectivity index (χ3n) is 8.64. The number of benzene rings is 7. The molecule has 9 aromatic rings. The van der Waals surface area contributed by atoms with Gasteiger partial charge in [-0.3, -0.25) is 9.97 Å². The Kier molecular flexibility index (Phi) is 17.0. The number of aromatic nitrogens is 2. The van der Waals surface area contributed by atoms with E-state index in [1.165, 1.54) is 33.4 Å². The molecule has 0 amide bonds. The Hall–Kier alpha value is -5.06. The predicted octanol–water partition coefficient (Wildman–Crippen LogP) is 12.6. The van der Waals surface area contributed by atoms with Gasteiger partial charge in [0.2, 0.25) is 0 Å². The molecule has 7 aromatic carbocycles. The Morgan fingerprint density at radius 2 is 0.593 bits per heavy atom. The zero-order chi connectivity index (χ0) is 36.2. The predicted molar refractivity (Wildman–Crippen MR) is 224 cm³/mol. The maximum Gasteiger partial charge on any atom is 0.0795 e. The van der Waals surface area contributed by atoms with Crippen molar-refractivity contribution in [2.45, 2.75) is 19.3 Å². The maximum atomic E-state index is 4.37. The van der Waals surface area contributed by atoms with Gasteiger partial charge in [-0.2, -0.15) is 0 Å². The smallest absolute Gasteiger partial charge is 0.0795 e. The molecule has 1 radical (unpaired) electrons. The molecule has 265 valence electrons. The van der Waals surface area contributed by atoms with Gasteiger partial charge in [0.05, 0.1) is 11.0 Å². The second kappa shape index (κ2) is 22.9. The summed E-state index contributed by atoms with van der Waals surface area (Å²) >= 11 is 0. The van der Waals surface area contributed by atoms with Crippen LogP contribution in [0.25, 0.3) is 21.8 Å². The van der Waals surface area contributed by atoms with Gasteiger partial charge in [0.25, 0.3) is 0 Å². The zero-order valence-electron chi connectivity index (χ0n) is 30.3. The number of fused-ring (bicyclic) bond motifs is 3. The minimum absolute atomic E-state index is 0. The fourth-order valence-electron chi connectivity index (χ4n) is 5.98. The number of pyridine rings is 2. The molecule has 0 atom stereocenters. The summed E-state index contributed by atoms with van der Waals surface area (Å²) in [6, 6.07) is 75.3. The third-order valence-corrected chi connectivity index (χ3v) is 8.64. The van der Waals surface area contributed by atoms with E-state index in [0.29, 0.717) is 0 Å². The molecule has 54 heavy (non-hydrogen) atoms. The van der Waals surface area contributed by atoms with Gasteiger partial charge in [-0.25, -0.2) is 0 Å². The van der Waals surface area contributed by atoms with Gasteiger partial charge in [-0.1, -0.05) is 194 Å². The van der Waals surface area contributed by atoms with Crippen LogP contribution in [0.4, 0.5) is 0 Å². The zero-order valence-corrected chi connectivity index (χ0v) is 32.8. The van der Waals surface area contributed by atoms with Crippen molar-refractivity contribution in [1.29, 1.82) is 0 Å². The largest absolute Gasteiger partial charge is 0.256 e. The van der Waals surface area contributed by atoms with Crippen molar-refractivity contribution in [3.63, 3.8) is 0 Å². The molecular formula is C51H44EuN2. The van der Waals surface area contributed by atoms with E-state index >= 15 is 0 Å². The third kappa shape index (κ3) is 13.4. The molecule has 0 aliphatic carbocycles. The minimum atomic E-state index is 0. The first-order chi connectivity index (χ1) is 26.3. The van der Waals surface area contributed by atoms with Gasteiger partial charge >= 0.3 is 0 Å². The van der Waals surface area contributed by atoms with E-state index in [4.69, 9.17) is 0 Å². The van der Waals surface area contributed by atoms with E-state index in [2.05, 4.69) is 210 Å². The molecule has 9 rings (SSSR count). The summed E-state index contributed by atoms with van der Waals surface area (Å²) in [4.78, 5) is 8.66. The van der Waals surface area contributed by atoms with Crippen molar-refractivity contribution >= 4 is 21.8 Å². The van der Waals surface area contributed by atoms with Crippen molar-refractivity contribution in [2.75, 3.05) is 0 Å². The van der Waals surface area contributed by atoms with Gasteiger partial charge in [-0.05, 0) is 76.9 Å². The summed E-state index contributed by atoms with van der Waals surface area (Å²) in [5.41, 5.74) is 10.2. The van der Waals surface area contributed by atoms with Crippen LogP contribution in [0.1, 0.15) is 33.4 Å². The van der Waals surface area contributed by atoms with Crippen molar-refractivity contribution in [3.8, 4) is 0 Å². The number of hydrogen-bond acceptors (Lipinski definition) is 2. The van der Waals surface area contributed by atoms with Gasteiger partial charge in [0.1, 0.15) is 0 Å². The summed E-state index contributed by atoms with van der Waals surface area (Å²) in [5.74, 6) is 0. The quantitative estimate of drug-likeness (QED) is 0.156. The van der Waals surface area contributed by atoms with Gasteiger partial charge in [0, 0.05) is 72.5 Å². The molecule has 0 saturated heterocycles. The van der Waals surface area contributed by atoms with E-state index in [9.17, 15) is 0 Å². The molecule has 3 heteroatoms. The topological polar surface area (TPSA) is 25.8 Å². The maximum absolute atomic E-state index is 4.37. The summed E-state index contributed by atoms with van der Waals surface area (Å²) in [6.07, 6.45) is 6.71. The second-order valence-electron chi connectivity index (χ2n) is 12.7. The van der Waals surface area contributed by atoms with E-state index in [0.717, 1.165) is 41.1 Å². The van der Waals surface area contributed by atoms with Gasteiger partial charge in [-0.15, -0.1) is 0 Å². The summed E-state index contributed by atoms with van der Waals surface area (Å²) in [6.45, 7) is 0. The first kappa shape index (κ1) is 40.1. The van der Waals surface area contributed by atoms with Crippen LogP contribution in [0.15, 0.2) is 231 Å². The van der Waals surface area contributed by atoms with Crippen LogP contribution in [0.5, 0.6) is 0 Å². The average molecular weight is 837 g/mol. The van der Waals surface area contributed by atoms with Crippen molar-refractivity contribution < 1.29 is 49.4 Å². The molecule has 0 N–H and O–H groups in total. The first-order valence-electron chi connectivity index (χ1n) is 18.1. The number of nitrogens with zero attached hydrogens (tertiary/aromatic N) is 2. The molecule has 0 bridgehead atoms. The molecular weight excluding hydrogens is 793 g/mol. The standard InChI is InChI=1S/3C13H12.C12H8N2.Eu/c3*1-3-7-12(8-4-1)11-13-9-5-2-6-10-13;1-3-9-5-6-11-10(4-2-7-13-11)12(9)14-8-1;/h3*1-10H,11H2;1-8H;. The van der Waals surface area contributed by atoms with E-state index in [1.807, 2.05) is 24.4 Å². The fraction of sp³-hybridized carbons (Fsp3) is 0.0588. The molecule has 0 unspecified atom stereocenters. The molecule has 2 nitrogen and oxygen atoms in total. The summed E-state index contributed by atoms with van der Waals surface area (Å²) in [5, 5.41) is 2.28. The fourth-order valence-corrected chi connectivity index (χ4v) is 5.98. The Morgan fingerprint density at radius 1 is 0.278 bits per heavy atom. The molecule has 0 aliphatic heterocycles. The molecule has 2 aromatic heterocycles. The van der Waals surface area contributed by atoms with Crippen molar-refractivity contribution in [3.05, 3.63) is 264 Å². The van der Waals surface area contributed by atoms with Crippen LogP contribution >= 0.6 is 0 Å². The Labute approximate surface area is 361 Å². The van der Waals surface area contributed by atoms with E-state index < -0.39 is 0 Å². The number of rotatable bonds is 6. The van der Waals surface area contributed by atoms with E-state index in [1.54, 1.807) is 6.20 Å². The molecule has 0 aliphatic rings. The van der Waals surface area contributed by atoms with Crippen molar-refractivity contribution in [2.24, 2.45) is 0 Å². The van der Waals surface area contributed by atoms with Gasteiger partial charge < -0.3 is 0 Å². The summed E-state index contributed by atoms with van der Waals surface area (Å²) < 4.78 is 0. The summed E-state index contributed by atoms with van der Waals surface area (Å²) in [7, 11) is 0. The second-order valence-corrected chi connectivity index (χ2v) is 12.7. The SMILES string of the molecule is [Eu].c1ccc(Cc2ccccc2)cc1.c1ccc(Cc2ccccc2)cc1.c1ccc(Cc2ccccc2)cc1.c1cnc2c(c1)ccc1ncccc12. The first-order valence-corrected chi connectivity index (χ1v) is 18.1. The van der Waals surface area contributed by atoms with Crippen LogP contribution in [0, 0.1) is 49.4 Å². The molecule has 0 fully saturated rings. The molecule has 0 spiro atoms. The van der Waals surface area contributed by atoms with Gasteiger partial charge in [0.15, 0.2) is 0 Å².